The number of sulfonamides is 1. The zero-order chi connectivity index (χ0) is 20.0. The summed E-state index contributed by atoms with van der Waals surface area (Å²) >= 11 is 0. The molecule has 1 atom stereocenters. The van der Waals surface area contributed by atoms with Crippen molar-refractivity contribution < 1.29 is 18.3 Å². The van der Waals surface area contributed by atoms with E-state index in [2.05, 4.69) is 10.0 Å². The van der Waals surface area contributed by atoms with Gasteiger partial charge >= 0.3 is 5.97 Å². The molecule has 3 aromatic carbocycles. The van der Waals surface area contributed by atoms with Gasteiger partial charge in [0.2, 0.25) is 10.0 Å². The first-order valence-electron chi connectivity index (χ1n) is 8.65. The number of carboxylic acids is 1. The van der Waals surface area contributed by atoms with Crippen LogP contribution in [-0.2, 0) is 10.0 Å². The maximum absolute atomic E-state index is 12.5. The van der Waals surface area contributed by atoms with Crippen LogP contribution >= 0.6 is 0 Å². The average Bonchev–Trinajstić information content (AvgIpc) is 2.72. The number of aromatic carboxylic acids is 1. The average molecular weight is 396 g/mol. The molecule has 0 saturated heterocycles. The number of hydrogen-bond acceptors (Lipinski definition) is 4. The van der Waals surface area contributed by atoms with Gasteiger partial charge in [-0.2, -0.15) is 0 Å². The zero-order valence-electron chi connectivity index (χ0n) is 14.9. The molecule has 0 heterocycles. The van der Waals surface area contributed by atoms with Gasteiger partial charge in [-0.25, -0.2) is 17.9 Å². The lowest BCUT2D eigenvalue weighted by atomic mass is 10.1. The van der Waals surface area contributed by atoms with Crippen molar-refractivity contribution in [3.8, 4) is 0 Å². The molecule has 0 radical (unpaired) electrons. The topological polar surface area (TPSA) is 95.5 Å². The monoisotopic (exact) mass is 396 g/mol. The molecule has 0 fully saturated rings. The Morgan fingerprint density at radius 2 is 1.54 bits per heavy atom. The largest absolute Gasteiger partial charge is 0.478 e. The maximum Gasteiger partial charge on any atom is 0.335 e. The molecular formula is C21H20N2O4S. The molecule has 144 valence electrons. The first-order chi connectivity index (χ1) is 13.5. The van der Waals surface area contributed by atoms with Gasteiger partial charge < -0.3 is 10.4 Å². The van der Waals surface area contributed by atoms with Gasteiger partial charge in [-0.15, -0.1) is 0 Å². The molecule has 0 aromatic heterocycles. The number of nitrogens with one attached hydrogen (secondary N) is 2. The highest BCUT2D eigenvalue weighted by Crippen LogP contribution is 2.21. The number of carboxylic acid groups (broad SMARTS) is 1. The highest BCUT2D eigenvalue weighted by atomic mass is 32.2. The van der Waals surface area contributed by atoms with E-state index in [1.54, 1.807) is 30.3 Å². The molecule has 0 aliphatic carbocycles. The van der Waals surface area contributed by atoms with E-state index < -0.39 is 16.0 Å². The van der Waals surface area contributed by atoms with Crippen molar-refractivity contribution in [3.63, 3.8) is 0 Å². The second-order valence-corrected chi connectivity index (χ2v) is 7.93. The van der Waals surface area contributed by atoms with E-state index in [9.17, 15) is 18.3 Å². The van der Waals surface area contributed by atoms with E-state index in [1.165, 1.54) is 24.3 Å². The van der Waals surface area contributed by atoms with E-state index >= 15 is 0 Å². The minimum absolute atomic E-state index is 0.0958. The highest BCUT2D eigenvalue weighted by Gasteiger charge is 2.18. The fourth-order valence-corrected chi connectivity index (χ4v) is 3.82. The van der Waals surface area contributed by atoms with Crippen LogP contribution in [0.4, 0.5) is 5.69 Å². The molecule has 0 spiro atoms. The SMILES string of the molecule is O=C(O)c1cccc(NC(CNS(=O)(=O)c2ccccc2)c2ccccc2)c1. The third kappa shape index (κ3) is 4.97. The highest BCUT2D eigenvalue weighted by molar-refractivity contribution is 7.89. The zero-order valence-corrected chi connectivity index (χ0v) is 15.8. The van der Waals surface area contributed by atoms with E-state index in [-0.39, 0.29) is 23.0 Å². The lowest BCUT2D eigenvalue weighted by Crippen LogP contribution is -2.31. The lowest BCUT2D eigenvalue weighted by Gasteiger charge is -2.21. The van der Waals surface area contributed by atoms with Crippen LogP contribution in [0.25, 0.3) is 0 Å². The number of anilines is 1. The Hall–Kier alpha value is -3.16. The van der Waals surface area contributed by atoms with Gasteiger partial charge in [0.25, 0.3) is 0 Å². The molecule has 28 heavy (non-hydrogen) atoms. The van der Waals surface area contributed by atoms with E-state index in [1.807, 2.05) is 30.3 Å². The molecule has 0 aliphatic heterocycles. The van der Waals surface area contributed by atoms with Crippen LogP contribution in [-0.4, -0.2) is 26.0 Å². The molecule has 3 rings (SSSR count). The second-order valence-electron chi connectivity index (χ2n) is 6.16. The van der Waals surface area contributed by atoms with Gasteiger partial charge in [0, 0.05) is 12.2 Å². The van der Waals surface area contributed by atoms with Crippen LogP contribution in [0.2, 0.25) is 0 Å². The number of benzene rings is 3. The third-order valence-corrected chi connectivity index (χ3v) is 5.62. The third-order valence-electron chi connectivity index (χ3n) is 4.18. The standard InChI is InChI=1S/C21H20N2O4S/c24-21(25)17-10-7-11-18(14-17)23-20(16-8-3-1-4-9-16)15-22-28(26,27)19-12-5-2-6-13-19/h1-14,20,22-23H,15H2,(H,24,25). The normalized spacial score (nSPS) is 12.3. The summed E-state index contributed by atoms with van der Waals surface area (Å²) in [6.07, 6.45) is 0. The molecule has 6 nitrogen and oxygen atoms in total. The smallest absolute Gasteiger partial charge is 0.335 e. The quantitative estimate of drug-likeness (QED) is 0.541. The Balaban J connectivity index is 1.82. The van der Waals surface area contributed by atoms with Gasteiger partial charge in [0.1, 0.15) is 0 Å². The van der Waals surface area contributed by atoms with Crippen molar-refractivity contribution in [2.75, 3.05) is 11.9 Å². The van der Waals surface area contributed by atoms with Crippen LogP contribution in [0.15, 0.2) is 89.8 Å². The van der Waals surface area contributed by atoms with Crippen LogP contribution in [0, 0.1) is 0 Å². The Morgan fingerprint density at radius 3 is 2.18 bits per heavy atom. The van der Waals surface area contributed by atoms with Crippen molar-refractivity contribution >= 4 is 21.7 Å². The molecule has 3 aromatic rings. The van der Waals surface area contributed by atoms with Gasteiger partial charge in [-0.1, -0.05) is 54.6 Å². The predicted molar refractivity (Wildman–Crippen MR) is 108 cm³/mol. The van der Waals surface area contributed by atoms with E-state index in [0.717, 1.165) is 5.56 Å². The predicted octanol–water partition coefficient (Wildman–Crippen LogP) is 3.52. The summed E-state index contributed by atoms with van der Waals surface area (Å²) < 4.78 is 27.7. The number of hydrogen-bond donors (Lipinski definition) is 3. The lowest BCUT2D eigenvalue weighted by molar-refractivity contribution is 0.0697. The summed E-state index contributed by atoms with van der Waals surface area (Å²) in [5, 5.41) is 12.4. The van der Waals surface area contributed by atoms with Gasteiger partial charge in [-0.05, 0) is 35.9 Å². The van der Waals surface area contributed by atoms with Crippen molar-refractivity contribution in [2.24, 2.45) is 0 Å². The number of rotatable bonds is 8. The summed E-state index contributed by atoms with van der Waals surface area (Å²) in [4.78, 5) is 11.4. The van der Waals surface area contributed by atoms with E-state index in [4.69, 9.17) is 0 Å². The van der Waals surface area contributed by atoms with Crippen LogP contribution in [0.5, 0.6) is 0 Å². The summed E-state index contributed by atoms with van der Waals surface area (Å²) in [5.41, 5.74) is 1.62. The molecule has 0 aliphatic rings. The summed E-state index contributed by atoms with van der Waals surface area (Å²) in [6.45, 7) is 0.0958. The molecule has 1 unspecified atom stereocenters. The Bertz CT molecular complexity index is 1040. The molecule has 0 bridgehead atoms. The van der Waals surface area contributed by atoms with Crippen LogP contribution < -0.4 is 10.0 Å². The van der Waals surface area contributed by atoms with Gasteiger partial charge in [0.05, 0.1) is 16.5 Å². The van der Waals surface area contributed by atoms with Crippen molar-refractivity contribution in [3.05, 3.63) is 96.1 Å². The fourth-order valence-electron chi connectivity index (χ4n) is 2.76. The van der Waals surface area contributed by atoms with Gasteiger partial charge in [0.15, 0.2) is 0 Å². The Labute approximate surface area is 163 Å². The summed E-state index contributed by atoms with van der Waals surface area (Å²) in [6, 6.07) is 23.5. The van der Waals surface area contributed by atoms with Crippen molar-refractivity contribution in [1.29, 1.82) is 0 Å². The molecular weight excluding hydrogens is 376 g/mol. The van der Waals surface area contributed by atoms with Crippen LogP contribution in [0.1, 0.15) is 22.0 Å². The minimum atomic E-state index is -3.66. The molecule has 7 heteroatoms. The number of carbonyl (C=O) groups is 1. The summed E-state index contributed by atoms with van der Waals surface area (Å²) in [5.74, 6) is -1.02. The first kappa shape index (κ1) is 19.6. The molecule has 0 amide bonds. The molecule has 3 N–H and O–H groups in total. The van der Waals surface area contributed by atoms with Crippen molar-refractivity contribution in [1.82, 2.24) is 4.72 Å². The fraction of sp³-hybridized carbons (Fsp3) is 0.0952. The molecule has 0 saturated carbocycles. The van der Waals surface area contributed by atoms with Crippen molar-refractivity contribution in [2.45, 2.75) is 10.9 Å². The summed E-state index contributed by atoms with van der Waals surface area (Å²) in [7, 11) is -3.66. The Morgan fingerprint density at radius 1 is 0.893 bits per heavy atom. The first-order valence-corrected chi connectivity index (χ1v) is 10.1. The van der Waals surface area contributed by atoms with Crippen LogP contribution in [0.3, 0.4) is 0 Å². The second kappa shape index (κ2) is 8.69. The van der Waals surface area contributed by atoms with E-state index in [0.29, 0.717) is 5.69 Å². The van der Waals surface area contributed by atoms with Gasteiger partial charge in [-0.3, -0.25) is 0 Å². The maximum atomic E-state index is 12.5. The Kier molecular flexibility index (Phi) is 6.08. The minimum Gasteiger partial charge on any atom is -0.478 e.